The molecule has 2 aromatic rings. The van der Waals surface area contributed by atoms with E-state index in [9.17, 15) is 18.4 Å². The Morgan fingerprint density at radius 1 is 1.22 bits per heavy atom. The number of thioether (sulfide) groups is 1. The lowest BCUT2D eigenvalue weighted by Crippen LogP contribution is -2.44. The summed E-state index contributed by atoms with van der Waals surface area (Å²) in [5, 5.41) is 5.19. The summed E-state index contributed by atoms with van der Waals surface area (Å²) in [6.45, 7) is 0. The van der Waals surface area contributed by atoms with E-state index in [0.29, 0.717) is 12.2 Å². The summed E-state index contributed by atoms with van der Waals surface area (Å²) < 4.78 is 39.9. The first-order chi connectivity index (χ1) is 12.9. The predicted octanol–water partition coefficient (Wildman–Crippen LogP) is 3.09. The van der Waals surface area contributed by atoms with Crippen LogP contribution in [0, 0.1) is 0 Å². The zero-order chi connectivity index (χ0) is 19.4. The number of carbonyl (C=O) groups excluding carboxylic acids is 2. The lowest BCUT2D eigenvalue weighted by Gasteiger charge is -2.17. The third-order valence-corrected chi connectivity index (χ3v) is 4.29. The van der Waals surface area contributed by atoms with E-state index in [1.807, 2.05) is 6.26 Å². The molecular weight excluding hydrogens is 382 g/mol. The fourth-order valence-corrected chi connectivity index (χ4v) is 2.87. The molecule has 1 unspecified atom stereocenters. The third kappa shape index (κ3) is 4.70. The smallest absolute Gasteiger partial charge is 0.459 e. The van der Waals surface area contributed by atoms with Gasteiger partial charge < -0.3 is 24.5 Å². The van der Waals surface area contributed by atoms with E-state index in [4.69, 9.17) is 4.42 Å². The predicted molar refractivity (Wildman–Crippen MR) is 94.2 cm³/mol. The summed E-state index contributed by atoms with van der Waals surface area (Å²) in [6, 6.07) is 6.12. The number of ether oxygens (including phenoxy) is 2. The van der Waals surface area contributed by atoms with Crippen LogP contribution in [-0.2, 0) is 4.79 Å². The van der Waals surface area contributed by atoms with Crippen LogP contribution in [0.25, 0.3) is 0 Å². The highest BCUT2D eigenvalue weighted by Gasteiger charge is 2.43. The zero-order valence-corrected chi connectivity index (χ0v) is 15.0. The monoisotopic (exact) mass is 398 g/mol. The van der Waals surface area contributed by atoms with Gasteiger partial charge in [-0.25, -0.2) is 0 Å². The van der Waals surface area contributed by atoms with Crippen molar-refractivity contribution in [3.8, 4) is 11.5 Å². The van der Waals surface area contributed by atoms with Crippen molar-refractivity contribution in [1.29, 1.82) is 0 Å². The van der Waals surface area contributed by atoms with E-state index in [0.717, 1.165) is 0 Å². The fourth-order valence-electron chi connectivity index (χ4n) is 2.40. The highest BCUT2D eigenvalue weighted by atomic mass is 32.2. The van der Waals surface area contributed by atoms with Gasteiger partial charge >= 0.3 is 6.29 Å². The van der Waals surface area contributed by atoms with E-state index < -0.39 is 24.2 Å². The molecule has 1 aromatic carbocycles. The van der Waals surface area contributed by atoms with Crippen LogP contribution in [0.3, 0.4) is 0 Å². The standard InChI is InChI=1S/C17H16F2N2O5S/c1-27-8-6-11(21-16(23)13-3-2-7-24-13)15(22)20-10-4-5-12-14(9-10)26-17(18,19)25-12/h2-5,7,9,11H,6,8H2,1H3,(H,20,22)(H,21,23). The first-order valence-electron chi connectivity index (χ1n) is 7.92. The van der Waals surface area contributed by atoms with Gasteiger partial charge in [-0.15, -0.1) is 8.78 Å². The van der Waals surface area contributed by atoms with Crippen LogP contribution in [0.5, 0.6) is 11.5 Å². The second-order valence-corrected chi connectivity index (χ2v) is 6.59. The van der Waals surface area contributed by atoms with Gasteiger partial charge in [-0.3, -0.25) is 9.59 Å². The quantitative estimate of drug-likeness (QED) is 0.745. The normalized spacial score (nSPS) is 15.2. The topological polar surface area (TPSA) is 89.8 Å². The Labute approximate surface area is 157 Å². The molecule has 0 bridgehead atoms. The number of nitrogens with one attached hydrogen (secondary N) is 2. The van der Waals surface area contributed by atoms with Gasteiger partial charge in [0.25, 0.3) is 5.91 Å². The molecule has 10 heteroatoms. The first-order valence-corrected chi connectivity index (χ1v) is 9.31. The summed E-state index contributed by atoms with van der Waals surface area (Å²) in [6.07, 6.45) is -0.124. The Balaban J connectivity index is 1.68. The van der Waals surface area contributed by atoms with Crippen LogP contribution in [0.2, 0.25) is 0 Å². The molecule has 0 saturated carbocycles. The molecule has 1 aromatic heterocycles. The SMILES string of the molecule is CSCCC(NC(=O)c1ccco1)C(=O)Nc1ccc2c(c1)OC(F)(F)O2. The van der Waals surface area contributed by atoms with Crippen LogP contribution >= 0.6 is 11.8 Å². The fraction of sp³-hybridized carbons (Fsp3) is 0.294. The van der Waals surface area contributed by atoms with Crippen LogP contribution < -0.4 is 20.1 Å². The van der Waals surface area contributed by atoms with Crippen molar-refractivity contribution in [3.05, 3.63) is 42.4 Å². The highest BCUT2D eigenvalue weighted by Crippen LogP contribution is 2.42. The summed E-state index contributed by atoms with van der Waals surface area (Å²) in [4.78, 5) is 24.7. The maximum atomic E-state index is 13.1. The van der Waals surface area contributed by atoms with Crippen LogP contribution in [0.1, 0.15) is 17.0 Å². The number of halogens is 2. The van der Waals surface area contributed by atoms with Crippen LogP contribution in [-0.4, -0.2) is 36.2 Å². The third-order valence-electron chi connectivity index (χ3n) is 3.65. The maximum absolute atomic E-state index is 13.1. The molecule has 2 amide bonds. The average Bonchev–Trinajstić information content (AvgIpc) is 3.24. The second kappa shape index (κ2) is 7.87. The van der Waals surface area contributed by atoms with Gasteiger partial charge in [0.2, 0.25) is 5.91 Å². The van der Waals surface area contributed by atoms with Gasteiger partial charge in [0.05, 0.1) is 6.26 Å². The Morgan fingerprint density at radius 3 is 2.70 bits per heavy atom. The summed E-state index contributed by atoms with van der Waals surface area (Å²) in [5.41, 5.74) is 0.237. The molecule has 27 heavy (non-hydrogen) atoms. The minimum absolute atomic E-state index is 0.0854. The largest absolute Gasteiger partial charge is 0.586 e. The number of amides is 2. The molecular formula is C17H16F2N2O5S. The molecule has 1 atom stereocenters. The average molecular weight is 398 g/mol. The molecule has 144 valence electrons. The van der Waals surface area contributed by atoms with E-state index in [-0.39, 0.29) is 22.9 Å². The molecule has 7 nitrogen and oxygen atoms in total. The second-order valence-electron chi connectivity index (χ2n) is 5.60. The molecule has 3 rings (SSSR count). The van der Waals surface area contributed by atoms with E-state index in [1.165, 1.54) is 42.3 Å². The van der Waals surface area contributed by atoms with E-state index >= 15 is 0 Å². The van der Waals surface area contributed by atoms with Crippen LogP contribution in [0.15, 0.2) is 41.0 Å². The number of hydrogen-bond acceptors (Lipinski definition) is 6. The van der Waals surface area contributed by atoms with Crippen molar-refractivity contribution in [2.75, 3.05) is 17.3 Å². The van der Waals surface area contributed by atoms with Crippen molar-refractivity contribution in [2.45, 2.75) is 18.8 Å². The van der Waals surface area contributed by atoms with E-state index in [2.05, 4.69) is 20.1 Å². The van der Waals surface area contributed by atoms with Gasteiger partial charge in [-0.05, 0) is 42.7 Å². The minimum Gasteiger partial charge on any atom is -0.459 e. The highest BCUT2D eigenvalue weighted by molar-refractivity contribution is 7.98. The molecule has 1 aliphatic rings. The van der Waals surface area contributed by atoms with Crippen molar-refractivity contribution in [2.24, 2.45) is 0 Å². The molecule has 0 spiro atoms. The van der Waals surface area contributed by atoms with Crippen LogP contribution in [0.4, 0.5) is 14.5 Å². The first kappa shape index (κ1) is 19.0. The number of furan rings is 1. The molecule has 0 saturated heterocycles. The number of carbonyl (C=O) groups is 2. The van der Waals surface area contributed by atoms with Crippen molar-refractivity contribution >= 4 is 29.3 Å². The number of fused-ring (bicyclic) bond motifs is 1. The van der Waals surface area contributed by atoms with Gasteiger partial charge in [0.1, 0.15) is 6.04 Å². The Hall–Kier alpha value is -2.75. The number of benzene rings is 1. The van der Waals surface area contributed by atoms with Gasteiger partial charge in [0, 0.05) is 11.8 Å². The molecule has 0 aliphatic carbocycles. The number of anilines is 1. The zero-order valence-electron chi connectivity index (χ0n) is 14.2. The number of rotatable bonds is 7. The summed E-state index contributed by atoms with van der Waals surface area (Å²) >= 11 is 1.52. The van der Waals surface area contributed by atoms with Gasteiger partial charge in [-0.2, -0.15) is 11.8 Å². The minimum atomic E-state index is -3.73. The Bertz CT molecular complexity index is 829. The molecule has 2 heterocycles. The molecule has 2 N–H and O–H groups in total. The number of alkyl halides is 2. The van der Waals surface area contributed by atoms with Crippen molar-refractivity contribution in [1.82, 2.24) is 5.32 Å². The molecule has 0 fully saturated rings. The number of hydrogen-bond donors (Lipinski definition) is 2. The maximum Gasteiger partial charge on any atom is 0.586 e. The molecule has 0 radical (unpaired) electrons. The Morgan fingerprint density at radius 2 is 2.00 bits per heavy atom. The molecule has 1 aliphatic heterocycles. The summed E-state index contributed by atoms with van der Waals surface area (Å²) in [7, 11) is 0. The lowest BCUT2D eigenvalue weighted by molar-refractivity contribution is -0.286. The van der Waals surface area contributed by atoms with Gasteiger partial charge in [-0.1, -0.05) is 0 Å². The van der Waals surface area contributed by atoms with Crippen molar-refractivity contribution < 1.29 is 32.3 Å². The van der Waals surface area contributed by atoms with Gasteiger partial charge in [0.15, 0.2) is 17.3 Å². The summed E-state index contributed by atoms with van der Waals surface area (Å²) in [5.74, 6) is -0.603. The van der Waals surface area contributed by atoms with Crippen molar-refractivity contribution in [3.63, 3.8) is 0 Å². The lowest BCUT2D eigenvalue weighted by atomic mass is 10.2. The van der Waals surface area contributed by atoms with E-state index in [1.54, 1.807) is 6.07 Å². The Kier molecular flexibility index (Phi) is 5.54.